The maximum atomic E-state index is 13.0. The lowest BCUT2D eigenvalue weighted by Gasteiger charge is -2.36. The van der Waals surface area contributed by atoms with Crippen molar-refractivity contribution in [2.75, 3.05) is 26.2 Å². The van der Waals surface area contributed by atoms with Crippen LogP contribution < -0.4 is 5.32 Å². The minimum absolute atomic E-state index is 0.280. The van der Waals surface area contributed by atoms with Gasteiger partial charge in [-0.15, -0.1) is 0 Å². The van der Waals surface area contributed by atoms with Gasteiger partial charge < -0.3 is 10.2 Å². The molecule has 0 bridgehead atoms. The number of sulfonamides is 1. The molecule has 0 spiro atoms. The Morgan fingerprint density at radius 3 is 2.19 bits per heavy atom. The second-order valence-corrected chi connectivity index (χ2v) is 10.2. The van der Waals surface area contributed by atoms with Crippen LogP contribution in [0.3, 0.4) is 0 Å². The molecule has 0 amide bonds. The van der Waals surface area contributed by atoms with E-state index in [4.69, 9.17) is 12.2 Å². The molecule has 1 heterocycles. The molecule has 27 heavy (non-hydrogen) atoms. The SMILES string of the molecule is CC(C)NC(=S)N1CCN(S(=O)(=O)c2ccc(C3CCCCC3)cc2)CC1. The molecular formula is C20H31N3O2S2. The number of rotatable bonds is 4. The lowest BCUT2D eigenvalue weighted by molar-refractivity contribution is 0.263. The van der Waals surface area contributed by atoms with Crippen LogP contribution in [0, 0.1) is 0 Å². The largest absolute Gasteiger partial charge is 0.360 e. The normalized spacial score (nSPS) is 20.0. The van der Waals surface area contributed by atoms with Crippen molar-refractivity contribution in [3.8, 4) is 0 Å². The average Bonchev–Trinajstić information content (AvgIpc) is 2.68. The van der Waals surface area contributed by atoms with Gasteiger partial charge in [-0.05, 0) is 62.5 Å². The van der Waals surface area contributed by atoms with Crippen molar-refractivity contribution in [1.82, 2.24) is 14.5 Å². The predicted molar refractivity (Wildman–Crippen MR) is 113 cm³/mol. The molecule has 0 aromatic heterocycles. The molecule has 0 radical (unpaired) electrons. The smallest absolute Gasteiger partial charge is 0.243 e. The topological polar surface area (TPSA) is 52.6 Å². The van der Waals surface area contributed by atoms with Crippen molar-refractivity contribution in [2.45, 2.75) is 62.8 Å². The fourth-order valence-electron chi connectivity index (χ4n) is 3.97. The molecule has 2 aliphatic rings. The number of nitrogens with one attached hydrogen (secondary N) is 1. The highest BCUT2D eigenvalue weighted by Crippen LogP contribution is 2.33. The summed E-state index contributed by atoms with van der Waals surface area (Å²) in [5, 5.41) is 3.93. The van der Waals surface area contributed by atoms with E-state index in [2.05, 4.69) is 5.32 Å². The molecule has 1 aliphatic carbocycles. The lowest BCUT2D eigenvalue weighted by atomic mass is 9.84. The van der Waals surface area contributed by atoms with Gasteiger partial charge in [-0.3, -0.25) is 0 Å². The Labute approximate surface area is 169 Å². The fourth-order valence-corrected chi connectivity index (χ4v) is 5.81. The molecule has 5 nitrogen and oxygen atoms in total. The monoisotopic (exact) mass is 409 g/mol. The van der Waals surface area contributed by atoms with E-state index in [0.29, 0.717) is 42.1 Å². The van der Waals surface area contributed by atoms with E-state index in [1.54, 1.807) is 16.4 Å². The summed E-state index contributed by atoms with van der Waals surface area (Å²) in [5.74, 6) is 0.591. The number of hydrogen-bond acceptors (Lipinski definition) is 3. The Balaban J connectivity index is 1.62. The van der Waals surface area contributed by atoms with E-state index >= 15 is 0 Å². The highest BCUT2D eigenvalue weighted by molar-refractivity contribution is 7.89. The Kier molecular flexibility index (Phi) is 6.76. The Morgan fingerprint density at radius 1 is 1.04 bits per heavy atom. The maximum absolute atomic E-state index is 13.0. The Hall–Kier alpha value is -1.18. The van der Waals surface area contributed by atoms with Gasteiger partial charge >= 0.3 is 0 Å². The molecular weight excluding hydrogens is 378 g/mol. The van der Waals surface area contributed by atoms with Crippen molar-refractivity contribution in [2.24, 2.45) is 0 Å². The van der Waals surface area contributed by atoms with Gasteiger partial charge in [0.05, 0.1) is 4.90 Å². The van der Waals surface area contributed by atoms with Crippen LogP contribution in [0.5, 0.6) is 0 Å². The average molecular weight is 410 g/mol. The minimum atomic E-state index is -3.44. The molecule has 1 aromatic carbocycles. The zero-order valence-electron chi connectivity index (χ0n) is 16.4. The molecule has 1 saturated heterocycles. The van der Waals surface area contributed by atoms with Crippen LogP contribution in [0.25, 0.3) is 0 Å². The van der Waals surface area contributed by atoms with E-state index in [1.807, 2.05) is 30.9 Å². The van der Waals surface area contributed by atoms with Gasteiger partial charge in [-0.1, -0.05) is 31.4 Å². The third kappa shape index (κ3) is 5.00. The van der Waals surface area contributed by atoms with Gasteiger partial charge in [0.2, 0.25) is 10.0 Å². The minimum Gasteiger partial charge on any atom is -0.360 e. The summed E-state index contributed by atoms with van der Waals surface area (Å²) >= 11 is 5.40. The Morgan fingerprint density at radius 2 is 1.63 bits per heavy atom. The third-order valence-electron chi connectivity index (χ3n) is 5.53. The van der Waals surface area contributed by atoms with Gasteiger partial charge in [-0.25, -0.2) is 8.42 Å². The van der Waals surface area contributed by atoms with Crippen LogP contribution in [-0.2, 0) is 10.0 Å². The highest BCUT2D eigenvalue weighted by Gasteiger charge is 2.29. The van der Waals surface area contributed by atoms with Gasteiger partial charge in [0, 0.05) is 32.2 Å². The number of piperazine rings is 1. The third-order valence-corrected chi connectivity index (χ3v) is 7.82. The lowest BCUT2D eigenvalue weighted by Crippen LogP contribution is -2.53. The molecule has 2 fully saturated rings. The first kappa shape index (κ1) is 20.6. The zero-order chi connectivity index (χ0) is 19.4. The molecule has 0 atom stereocenters. The van der Waals surface area contributed by atoms with Crippen molar-refractivity contribution >= 4 is 27.4 Å². The van der Waals surface area contributed by atoms with Gasteiger partial charge in [-0.2, -0.15) is 4.31 Å². The van der Waals surface area contributed by atoms with Crippen molar-refractivity contribution in [1.29, 1.82) is 0 Å². The summed E-state index contributed by atoms with van der Waals surface area (Å²) in [7, 11) is -3.44. The quantitative estimate of drug-likeness (QED) is 0.773. The summed E-state index contributed by atoms with van der Waals surface area (Å²) in [6, 6.07) is 7.89. The second-order valence-electron chi connectivity index (χ2n) is 7.90. The standard InChI is InChI=1S/C20H31N3O2S2/c1-16(2)21-20(26)22-12-14-23(15-13-22)27(24,25)19-10-8-18(9-11-19)17-6-4-3-5-7-17/h8-11,16-17H,3-7,12-15H2,1-2H3,(H,21,26). The first-order valence-corrected chi connectivity index (χ1v) is 11.9. The van der Waals surface area contributed by atoms with E-state index in [9.17, 15) is 8.42 Å². The van der Waals surface area contributed by atoms with Crippen LogP contribution >= 0.6 is 12.2 Å². The van der Waals surface area contributed by atoms with Crippen LogP contribution in [0.4, 0.5) is 0 Å². The summed E-state index contributed by atoms with van der Waals surface area (Å²) in [4.78, 5) is 2.45. The van der Waals surface area contributed by atoms with Gasteiger partial charge in [0.15, 0.2) is 5.11 Å². The molecule has 1 aromatic rings. The Bertz CT molecular complexity index is 733. The van der Waals surface area contributed by atoms with Crippen molar-refractivity contribution in [3.05, 3.63) is 29.8 Å². The number of nitrogens with zero attached hydrogens (tertiary/aromatic N) is 2. The zero-order valence-corrected chi connectivity index (χ0v) is 18.0. The molecule has 7 heteroatoms. The van der Waals surface area contributed by atoms with E-state index in [1.165, 1.54) is 37.7 Å². The maximum Gasteiger partial charge on any atom is 0.243 e. The van der Waals surface area contributed by atoms with Crippen molar-refractivity contribution in [3.63, 3.8) is 0 Å². The predicted octanol–water partition coefficient (Wildman–Crippen LogP) is 3.32. The summed E-state index contributed by atoms with van der Waals surface area (Å²) in [6.07, 6.45) is 6.33. The second kappa shape index (κ2) is 8.88. The van der Waals surface area contributed by atoms with Crippen LogP contribution in [0.2, 0.25) is 0 Å². The van der Waals surface area contributed by atoms with Gasteiger partial charge in [0.25, 0.3) is 0 Å². The first-order valence-electron chi connectivity index (χ1n) is 10.0. The van der Waals surface area contributed by atoms with Crippen LogP contribution in [0.1, 0.15) is 57.4 Å². The fraction of sp³-hybridized carbons (Fsp3) is 0.650. The molecule has 1 aliphatic heterocycles. The summed E-state index contributed by atoms with van der Waals surface area (Å²) in [6.45, 7) is 6.27. The molecule has 150 valence electrons. The number of benzene rings is 1. The van der Waals surface area contributed by atoms with E-state index in [-0.39, 0.29) is 6.04 Å². The first-order chi connectivity index (χ1) is 12.9. The number of thiocarbonyl (C=S) groups is 1. The van der Waals surface area contributed by atoms with Crippen LogP contribution in [-0.4, -0.2) is 55.0 Å². The summed E-state index contributed by atoms with van der Waals surface area (Å²) in [5.41, 5.74) is 1.28. The highest BCUT2D eigenvalue weighted by atomic mass is 32.2. The molecule has 3 rings (SSSR count). The molecule has 1 saturated carbocycles. The van der Waals surface area contributed by atoms with E-state index < -0.39 is 10.0 Å². The molecule has 1 N–H and O–H groups in total. The van der Waals surface area contributed by atoms with Crippen molar-refractivity contribution < 1.29 is 8.42 Å². The summed E-state index contributed by atoms with van der Waals surface area (Å²) < 4.78 is 27.6. The molecule has 0 unspecified atom stereocenters. The number of hydrogen-bond donors (Lipinski definition) is 1. The van der Waals surface area contributed by atoms with Gasteiger partial charge in [0.1, 0.15) is 0 Å². The van der Waals surface area contributed by atoms with E-state index in [0.717, 1.165) is 0 Å². The van der Waals surface area contributed by atoms with Crippen LogP contribution in [0.15, 0.2) is 29.2 Å².